The summed E-state index contributed by atoms with van der Waals surface area (Å²) in [4.78, 5) is 20.4. The third kappa shape index (κ3) is 4.76. The number of benzene rings is 1. The number of nitrogens with two attached hydrogens (primary N) is 1. The number of oxime groups is 1. The number of anilines is 1. The molecule has 0 radical (unpaired) electrons. The summed E-state index contributed by atoms with van der Waals surface area (Å²) in [6.07, 6.45) is -0.981. The number of carbonyl (C=O) groups excluding carboxylic acids is 1. The molecule has 0 bridgehead atoms. The number of hydrogen-bond donors (Lipinski definition) is 2. The van der Waals surface area contributed by atoms with Crippen molar-refractivity contribution in [3.05, 3.63) is 62.8 Å². The van der Waals surface area contributed by atoms with E-state index in [4.69, 9.17) is 49.9 Å². The number of pyridine rings is 1. The van der Waals surface area contributed by atoms with Gasteiger partial charge in [-0.3, -0.25) is 10.2 Å². The third-order valence-corrected chi connectivity index (χ3v) is 4.26. The predicted octanol–water partition coefficient (Wildman–Crippen LogP) is 5.01. The van der Waals surface area contributed by atoms with Crippen LogP contribution in [0.15, 0.2) is 40.0 Å². The molecule has 8 nitrogen and oxygen atoms in total. The number of hydrogen-bond acceptors (Lipinski definition) is 6. The highest BCUT2D eigenvalue weighted by Crippen LogP contribution is 2.33. The van der Waals surface area contributed by atoms with E-state index in [1.807, 2.05) is 0 Å². The standard InChI is InChI=1S/C17H11Cl3FN5O3/c1-7-13(15(25-28-7)14-9(18)3-2-4-10(14)21)16(22)26-29-17(27)23-8-5-11(19)24-12(20)6-8/h2-6H,1H3,(H2,22,26)(H,23,24,27). The van der Waals surface area contributed by atoms with Crippen LogP contribution in [0.1, 0.15) is 11.3 Å². The van der Waals surface area contributed by atoms with E-state index in [0.29, 0.717) is 0 Å². The fourth-order valence-corrected chi connectivity index (χ4v) is 3.10. The summed E-state index contributed by atoms with van der Waals surface area (Å²) in [6.45, 7) is 1.53. The van der Waals surface area contributed by atoms with Crippen LogP contribution in [-0.2, 0) is 4.84 Å². The van der Waals surface area contributed by atoms with Gasteiger partial charge >= 0.3 is 6.09 Å². The summed E-state index contributed by atoms with van der Waals surface area (Å²) in [5.41, 5.74) is 6.24. The zero-order valence-corrected chi connectivity index (χ0v) is 16.8. The van der Waals surface area contributed by atoms with Gasteiger partial charge in [-0.2, -0.15) is 0 Å². The monoisotopic (exact) mass is 457 g/mol. The van der Waals surface area contributed by atoms with Crippen LogP contribution in [0.3, 0.4) is 0 Å². The summed E-state index contributed by atoms with van der Waals surface area (Å²) in [7, 11) is 0. The van der Waals surface area contributed by atoms with Crippen molar-refractivity contribution >= 4 is 52.4 Å². The van der Waals surface area contributed by atoms with Gasteiger partial charge in [0.25, 0.3) is 0 Å². The lowest BCUT2D eigenvalue weighted by Gasteiger charge is -2.06. The van der Waals surface area contributed by atoms with Crippen LogP contribution >= 0.6 is 34.8 Å². The molecule has 29 heavy (non-hydrogen) atoms. The number of rotatable bonds is 4. The summed E-state index contributed by atoms with van der Waals surface area (Å²) in [6, 6.07) is 6.83. The predicted molar refractivity (Wildman–Crippen MR) is 107 cm³/mol. The van der Waals surface area contributed by atoms with Gasteiger partial charge in [0.1, 0.15) is 27.6 Å². The zero-order chi connectivity index (χ0) is 21.1. The van der Waals surface area contributed by atoms with Crippen LogP contribution in [-0.4, -0.2) is 22.1 Å². The molecule has 0 atom stereocenters. The Kier molecular flexibility index (Phi) is 6.21. The van der Waals surface area contributed by atoms with Crippen molar-refractivity contribution in [2.45, 2.75) is 6.92 Å². The molecule has 3 aromatic rings. The lowest BCUT2D eigenvalue weighted by atomic mass is 10.0. The fourth-order valence-electron chi connectivity index (χ4n) is 2.38. The molecule has 0 aliphatic rings. The van der Waals surface area contributed by atoms with Crippen LogP contribution in [0.25, 0.3) is 11.3 Å². The van der Waals surface area contributed by atoms with E-state index in [2.05, 4.69) is 20.6 Å². The Hall–Kier alpha value is -2.88. The topological polar surface area (TPSA) is 116 Å². The number of aromatic nitrogens is 2. The molecule has 2 aromatic heterocycles. The number of nitrogens with one attached hydrogen (secondary N) is 1. The van der Waals surface area contributed by atoms with Crippen molar-refractivity contribution in [3.63, 3.8) is 0 Å². The minimum atomic E-state index is -0.981. The van der Waals surface area contributed by atoms with Gasteiger partial charge in [-0.1, -0.05) is 51.2 Å². The van der Waals surface area contributed by atoms with E-state index in [-0.39, 0.29) is 49.4 Å². The number of carbonyl (C=O) groups is 1. The fraction of sp³-hybridized carbons (Fsp3) is 0.0588. The molecular formula is C17H11Cl3FN5O3. The molecule has 150 valence electrons. The molecule has 0 aliphatic carbocycles. The lowest BCUT2D eigenvalue weighted by molar-refractivity contribution is 0.166. The highest BCUT2D eigenvalue weighted by Gasteiger charge is 2.23. The Balaban J connectivity index is 1.84. The molecule has 1 aromatic carbocycles. The van der Waals surface area contributed by atoms with Gasteiger partial charge in [0.2, 0.25) is 0 Å². The van der Waals surface area contributed by atoms with Crippen LogP contribution in [0.4, 0.5) is 14.9 Å². The molecule has 0 saturated heterocycles. The molecule has 1 amide bonds. The van der Waals surface area contributed by atoms with Gasteiger partial charge in [0.05, 0.1) is 21.8 Å². The maximum absolute atomic E-state index is 14.2. The first kappa shape index (κ1) is 20.8. The number of amidine groups is 1. The maximum atomic E-state index is 14.2. The maximum Gasteiger partial charge on any atom is 0.437 e. The molecular weight excluding hydrogens is 448 g/mol. The van der Waals surface area contributed by atoms with Gasteiger partial charge in [-0.05, 0) is 31.2 Å². The number of amides is 1. The molecule has 0 aliphatic heterocycles. The minimum absolute atomic E-state index is 0.0172. The minimum Gasteiger partial charge on any atom is -0.380 e. The Morgan fingerprint density at radius 1 is 1.28 bits per heavy atom. The van der Waals surface area contributed by atoms with Crippen molar-refractivity contribution in [2.24, 2.45) is 10.9 Å². The van der Waals surface area contributed by atoms with Crippen LogP contribution < -0.4 is 11.1 Å². The number of halogens is 4. The van der Waals surface area contributed by atoms with Crippen molar-refractivity contribution in [1.29, 1.82) is 0 Å². The summed E-state index contributed by atoms with van der Waals surface area (Å²) in [5.74, 6) is -0.693. The van der Waals surface area contributed by atoms with Crippen molar-refractivity contribution < 1.29 is 18.5 Å². The Bertz CT molecular complexity index is 1080. The van der Waals surface area contributed by atoms with E-state index in [1.165, 1.54) is 37.3 Å². The van der Waals surface area contributed by atoms with Crippen LogP contribution in [0.2, 0.25) is 15.3 Å². The van der Waals surface area contributed by atoms with Crippen molar-refractivity contribution in [3.8, 4) is 11.3 Å². The molecule has 0 unspecified atom stereocenters. The molecule has 0 fully saturated rings. The van der Waals surface area contributed by atoms with Crippen LogP contribution in [0, 0.1) is 12.7 Å². The van der Waals surface area contributed by atoms with E-state index in [0.717, 1.165) is 0 Å². The first-order chi connectivity index (χ1) is 13.8. The highest BCUT2D eigenvalue weighted by molar-refractivity contribution is 6.33. The lowest BCUT2D eigenvalue weighted by Crippen LogP contribution is -2.18. The quantitative estimate of drug-likeness (QED) is 0.187. The van der Waals surface area contributed by atoms with Crippen molar-refractivity contribution in [1.82, 2.24) is 10.1 Å². The zero-order valence-electron chi connectivity index (χ0n) is 14.5. The summed E-state index contributed by atoms with van der Waals surface area (Å²) >= 11 is 17.6. The summed E-state index contributed by atoms with van der Waals surface area (Å²) < 4.78 is 19.3. The Morgan fingerprint density at radius 2 is 1.97 bits per heavy atom. The van der Waals surface area contributed by atoms with Gasteiger partial charge in [-0.15, -0.1) is 0 Å². The Labute approximate surface area is 178 Å². The molecule has 12 heteroatoms. The Morgan fingerprint density at radius 3 is 2.62 bits per heavy atom. The highest BCUT2D eigenvalue weighted by atomic mass is 35.5. The average molecular weight is 459 g/mol. The van der Waals surface area contributed by atoms with Crippen LogP contribution in [0.5, 0.6) is 0 Å². The van der Waals surface area contributed by atoms with E-state index in [1.54, 1.807) is 0 Å². The second-order valence-electron chi connectivity index (χ2n) is 5.54. The van der Waals surface area contributed by atoms with Gasteiger partial charge in [0, 0.05) is 0 Å². The normalized spacial score (nSPS) is 11.4. The van der Waals surface area contributed by atoms with Gasteiger partial charge in [-0.25, -0.2) is 14.2 Å². The second-order valence-corrected chi connectivity index (χ2v) is 6.72. The third-order valence-electron chi connectivity index (χ3n) is 3.55. The molecule has 0 saturated carbocycles. The second kappa shape index (κ2) is 8.64. The molecule has 0 spiro atoms. The molecule has 3 N–H and O–H groups in total. The van der Waals surface area contributed by atoms with E-state index in [9.17, 15) is 9.18 Å². The SMILES string of the molecule is Cc1onc(-c2c(F)cccc2Cl)c1/C(N)=N/OC(=O)Nc1cc(Cl)nc(Cl)c1. The number of nitrogens with zero attached hydrogens (tertiary/aromatic N) is 3. The van der Waals surface area contributed by atoms with Gasteiger partial charge in [0.15, 0.2) is 5.84 Å². The van der Waals surface area contributed by atoms with E-state index >= 15 is 0 Å². The first-order valence-electron chi connectivity index (χ1n) is 7.82. The molecule has 2 heterocycles. The van der Waals surface area contributed by atoms with Crippen molar-refractivity contribution in [2.75, 3.05) is 5.32 Å². The average Bonchev–Trinajstić information content (AvgIpc) is 3.00. The molecule has 3 rings (SSSR count). The van der Waals surface area contributed by atoms with Gasteiger partial charge < -0.3 is 10.3 Å². The van der Waals surface area contributed by atoms with E-state index < -0.39 is 11.9 Å². The largest absolute Gasteiger partial charge is 0.437 e. The smallest absolute Gasteiger partial charge is 0.380 e. The summed E-state index contributed by atoms with van der Waals surface area (Å²) in [5, 5.41) is 9.93. The first-order valence-corrected chi connectivity index (χ1v) is 8.95. The number of aryl methyl sites for hydroxylation is 1.